The molecular weight excluding hydrogens is 186 g/mol. The van der Waals surface area contributed by atoms with Crippen molar-refractivity contribution in [2.45, 2.75) is 13.0 Å². The molecule has 0 amide bonds. The number of H-pyrrole nitrogens is 1. The third-order valence-corrected chi connectivity index (χ3v) is 2.30. The summed E-state index contributed by atoms with van der Waals surface area (Å²) in [4.78, 5) is 0. The highest BCUT2D eigenvalue weighted by molar-refractivity contribution is 7.09. The van der Waals surface area contributed by atoms with Crippen LogP contribution in [0.25, 0.3) is 0 Å². The monoisotopic (exact) mass is 195 g/mol. The molecule has 1 unspecified atom stereocenters. The predicted molar refractivity (Wildman–Crippen MR) is 50.5 cm³/mol. The third kappa shape index (κ3) is 1.83. The van der Waals surface area contributed by atoms with Crippen LogP contribution in [0.4, 0.5) is 5.00 Å². The summed E-state index contributed by atoms with van der Waals surface area (Å²) < 4.78 is 3.76. The summed E-state index contributed by atoms with van der Waals surface area (Å²) in [5.74, 6) is 0. The van der Waals surface area contributed by atoms with Gasteiger partial charge < -0.3 is 5.32 Å². The van der Waals surface area contributed by atoms with Crippen molar-refractivity contribution >= 4 is 16.5 Å². The minimum atomic E-state index is 0.199. The maximum Gasteiger partial charge on any atom is 0.130 e. The Balaban J connectivity index is 2.04. The van der Waals surface area contributed by atoms with E-state index in [1.54, 1.807) is 12.4 Å². The molecule has 6 heteroatoms. The zero-order valence-corrected chi connectivity index (χ0v) is 7.88. The van der Waals surface area contributed by atoms with E-state index >= 15 is 0 Å². The molecule has 0 bridgehead atoms. The van der Waals surface area contributed by atoms with E-state index in [1.807, 2.05) is 13.0 Å². The maximum absolute atomic E-state index is 3.88. The maximum atomic E-state index is 3.88. The Kier molecular flexibility index (Phi) is 2.22. The molecule has 0 aliphatic carbocycles. The first kappa shape index (κ1) is 8.18. The van der Waals surface area contributed by atoms with E-state index in [-0.39, 0.29) is 6.04 Å². The van der Waals surface area contributed by atoms with Crippen LogP contribution in [0.15, 0.2) is 18.5 Å². The Hall–Kier alpha value is -1.43. The van der Waals surface area contributed by atoms with Gasteiger partial charge in [-0.25, -0.2) is 0 Å². The van der Waals surface area contributed by atoms with Gasteiger partial charge in [0.1, 0.15) is 5.00 Å². The molecule has 5 nitrogen and oxygen atoms in total. The SMILES string of the molecule is CC(Nc1cnns1)c1ccn[nH]1. The molecule has 0 saturated heterocycles. The van der Waals surface area contributed by atoms with Gasteiger partial charge in [-0.15, -0.1) is 5.10 Å². The first-order chi connectivity index (χ1) is 6.36. The van der Waals surface area contributed by atoms with Gasteiger partial charge in [-0.3, -0.25) is 5.10 Å². The first-order valence-electron chi connectivity index (χ1n) is 3.89. The van der Waals surface area contributed by atoms with Crippen LogP contribution in [-0.4, -0.2) is 19.8 Å². The topological polar surface area (TPSA) is 66.5 Å². The fraction of sp³-hybridized carbons (Fsp3) is 0.286. The normalized spacial score (nSPS) is 12.7. The lowest BCUT2D eigenvalue weighted by Crippen LogP contribution is -2.05. The second kappa shape index (κ2) is 3.53. The third-order valence-electron chi connectivity index (χ3n) is 1.71. The average molecular weight is 195 g/mol. The van der Waals surface area contributed by atoms with Crippen molar-refractivity contribution < 1.29 is 0 Å². The second-order valence-corrected chi connectivity index (χ2v) is 3.45. The summed E-state index contributed by atoms with van der Waals surface area (Å²) in [5.41, 5.74) is 1.05. The van der Waals surface area contributed by atoms with Crippen LogP contribution >= 0.6 is 11.5 Å². The Bertz CT molecular complexity index is 341. The first-order valence-corrected chi connectivity index (χ1v) is 4.67. The van der Waals surface area contributed by atoms with E-state index in [2.05, 4.69) is 25.1 Å². The lowest BCUT2D eigenvalue weighted by molar-refractivity contribution is 0.828. The van der Waals surface area contributed by atoms with Gasteiger partial charge >= 0.3 is 0 Å². The fourth-order valence-electron chi connectivity index (χ4n) is 1.03. The predicted octanol–water partition coefficient (Wildman–Crippen LogP) is 1.43. The quantitative estimate of drug-likeness (QED) is 0.777. The summed E-state index contributed by atoms with van der Waals surface area (Å²) in [6.07, 6.45) is 3.44. The highest BCUT2D eigenvalue weighted by atomic mass is 32.1. The Morgan fingerprint density at radius 2 is 2.54 bits per heavy atom. The van der Waals surface area contributed by atoms with E-state index in [9.17, 15) is 0 Å². The molecule has 0 fully saturated rings. The lowest BCUT2D eigenvalue weighted by Gasteiger charge is -2.09. The number of nitrogens with zero attached hydrogens (tertiary/aromatic N) is 3. The molecule has 0 aromatic carbocycles. The summed E-state index contributed by atoms with van der Waals surface area (Å²) in [7, 11) is 0. The Labute approximate surface area is 79.4 Å². The van der Waals surface area contributed by atoms with Crippen molar-refractivity contribution in [3.8, 4) is 0 Å². The van der Waals surface area contributed by atoms with Crippen LogP contribution in [-0.2, 0) is 0 Å². The molecule has 2 heterocycles. The van der Waals surface area contributed by atoms with Gasteiger partial charge in [-0.1, -0.05) is 4.49 Å². The van der Waals surface area contributed by atoms with Crippen LogP contribution in [0.5, 0.6) is 0 Å². The molecule has 0 spiro atoms. The van der Waals surface area contributed by atoms with Crippen LogP contribution in [0.3, 0.4) is 0 Å². The van der Waals surface area contributed by atoms with Gasteiger partial charge in [0.2, 0.25) is 0 Å². The van der Waals surface area contributed by atoms with Gasteiger partial charge in [-0.2, -0.15) is 5.10 Å². The lowest BCUT2D eigenvalue weighted by atomic mass is 10.2. The number of nitrogens with one attached hydrogen (secondary N) is 2. The largest absolute Gasteiger partial charge is 0.366 e. The van der Waals surface area contributed by atoms with Gasteiger partial charge in [0.15, 0.2) is 0 Å². The van der Waals surface area contributed by atoms with E-state index in [4.69, 9.17) is 0 Å². The average Bonchev–Trinajstić information content (AvgIpc) is 2.74. The van der Waals surface area contributed by atoms with E-state index in [1.165, 1.54) is 11.5 Å². The molecule has 2 aromatic rings. The van der Waals surface area contributed by atoms with Gasteiger partial charge in [0.05, 0.1) is 17.9 Å². The van der Waals surface area contributed by atoms with Gasteiger partial charge in [0.25, 0.3) is 0 Å². The highest BCUT2D eigenvalue weighted by Gasteiger charge is 2.06. The van der Waals surface area contributed by atoms with E-state index in [0.29, 0.717) is 0 Å². The number of hydrogen-bond donors (Lipinski definition) is 2. The molecule has 0 saturated carbocycles. The Morgan fingerprint density at radius 1 is 1.62 bits per heavy atom. The number of aromatic nitrogens is 4. The minimum absolute atomic E-state index is 0.199. The molecule has 13 heavy (non-hydrogen) atoms. The van der Waals surface area contributed by atoms with Crippen LogP contribution in [0.1, 0.15) is 18.7 Å². The molecular formula is C7H9N5S. The summed E-state index contributed by atoms with van der Waals surface area (Å²) in [5, 5.41) is 14.7. The number of aromatic amines is 1. The van der Waals surface area contributed by atoms with Gasteiger partial charge in [-0.05, 0) is 13.0 Å². The molecule has 0 radical (unpaired) electrons. The second-order valence-electron chi connectivity index (χ2n) is 2.66. The smallest absolute Gasteiger partial charge is 0.130 e. The summed E-state index contributed by atoms with van der Waals surface area (Å²) in [6, 6.07) is 2.14. The van der Waals surface area contributed by atoms with Crippen LogP contribution < -0.4 is 5.32 Å². The molecule has 2 N–H and O–H groups in total. The van der Waals surface area contributed by atoms with Gasteiger partial charge in [0, 0.05) is 17.7 Å². The van der Waals surface area contributed by atoms with Crippen molar-refractivity contribution in [1.29, 1.82) is 0 Å². The van der Waals surface area contributed by atoms with Crippen molar-refractivity contribution in [3.05, 3.63) is 24.2 Å². The van der Waals surface area contributed by atoms with Crippen LogP contribution in [0.2, 0.25) is 0 Å². The molecule has 0 aliphatic rings. The zero-order valence-electron chi connectivity index (χ0n) is 7.06. The zero-order chi connectivity index (χ0) is 9.10. The molecule has 2 rings (SSSR count). The van der Waals surface area contributed by atoms with Crippen molar-refractivity contribution in [1.82, 2.24) is 19.8 Å². The molecule has 68 valence electrons. The Morgan fingerprint density at radius 3 is 3.15 bits per heavy atom. The number of rotatable bonds is 3. The summed E-state index contributed by atoms with van der Waals surface area (Å²) >= 11 is 1.34. The fourth-order valence-corrected chi connectivity index (χ4v) is 1.54. The number of hydrogen-bond acceptors (Lipinski definition) is 5. The van der Waals surface area contributed by atoms with E-state index < -0.39 is 0 Å². The summed E-state index contributed by atoms with van der Waals surface area (Å²) in [6.45, 7) is 2.05. The van der Waals surface area contributed by atoms with Crippen LogP contribution in [0, 0.1) is 0 Å². The molecule has 0 aliphatic heterocycles. The van der Waals surface area contributed by atoms with Crippen molar-refractivity contribution in [2.75, 3.05) is 5.32 Å². The highest BCUT2D eigenvalue weighted by Crippen LogP contribution is 2.18. The number of anilines is 1. The molecule has 2 aromatic heterocycles. The minimum Gasteiger partial charge on any atom is -0.366 e. The van der Waals surface area contributed by atoms with Crippen molar-refractivity contribution in [2.24, 2.45) is 0 Å². The van der Waals surface area contributed by atoms with Crippen molar-refractivity contribution in [3.63, 3.8) is 0 Å². The standard InChI is InChI=1S/C7H9N5S/c1-5(6-2-3-8-11-6)10-7-4-9-12-13-7/h2-5,10H,1H3,(H,8,11). The molecule has 1 atom stereocenters. The van der Waals surface area contributed by atoms with E-state index in [0.717, 1.165) is 10.7 Å².